The maximum Gasteiger partial charge on any atom is 0.321 e. The zero-order valence-corrected chi connectivity index (χ0v) is 19.8. The summed E-state index contributed by atoms with van der Waals surface area (Å²) in [7, 11) is 4.70. The minimum atomic E-state index is -1.13. The van der Waals surface area contributed by atoms with Crippen LogP contribution in [-0.2, 0) is 19.1 Å². The molecule has 9 heteroatoms. The van der Waals surface area contributed by atoms with Crippen molar-refractivity contribution in [2.24, 2.45) is 5.92 Å². The first-order valence-electron chi connectivity index (χ1n) is 11.2. The number of para-hydroxylation sites is 3. The van der Waals surface area contributed by atoms with Gasteiger partial charge in [0.2, 0.25) is 11.9 Å². The fraction of sp³-hybridized carbons (Fsp3) is 0.400. The summed E-state index contributed by atoms with van der Waals surface area (Å²) in [5, 5.41) is 0. The van der Waals surface area contributed by atoms with Gasteiger partial charge in [-0.1, -0.05) is 24.3 Å². The van der Waals surface area contributed by atoms with Crippen molar-refractivity contribution in [1.82, 2.24) is 9.55 Å². The number of hydrogen-bond acceptors (Lipinski definition) is 7. The van der Waals surface area contributed by atoms with E-state index in [9.17, 15) is 9.59 Å². The lowest BCUT2D eigenvalue weighted by Gasteiger charge is -2.38. The highest BCUT2D eigenvalue weighted by Crippen LogP contribution is 2.46. The lowest BCUT2D eigenvalue weighted by Crippen LogP contribution is -2.50. The molecule has 1 aliphatic heterocycles. The molecule has 0 aliphatic carbocycles. The average Bonchev–Trinajstić information content (AvgIpc) is 3.23. The third-order valence-corrected chi connectivity index (χ3v) is 5.97. The molecule has 0 N–H and O–H groups in total. The van der Waals surface area contributed by atoms with Crippen LogP contribution in [0.1, 0.15) is 24.9 Å². The molecule has 34 heavy (non-hydrogen) atoms. The Hall–Kier alpha value is -3.59. The van der Waals surface area contributed by atoms with Crippen LogP contribution < -0.4 is 14.4 Å². The number of ether oxygens (including phenoxy) is 4. The van der Waals surface area contributed by atoms with E-state index in [2.05, 4.69) is 0 Å². The van der Waals surface area contributed by atoms with Crippen LogP contribution in [0.4, 0.5) is 5.95 Å². The summed E-state index contributed by atoms with van der Waals surface area (Å²) < 4.78 is 23.7. The molecule has 0 saturated heterocycles. The molecule has 0 bridgehead atoms. The Morgan fingerprint density at radius 3 is 2.56 bits per heavy atom. The van der Waals surface area contributed by atoms with Crippen molar-refractivity contribution in [2.75, 3.05) is 46.0 Å². The first kappa shape index (κ1) is 23.6. The molecule has 0 spiro atoms. The largest absolute Gasteiger partial charge is 0.493 e. The molecule has 0 fully saturated rings. The summed E-state index contributed by atoms with van der Waals surface area (Å²) in [6, 6.07) is 12.3. The predicted octanol–water partition coefficient (Wildman–Crippen LogP) is 3.21. The van der Waals surface area contributed by atoms with E-state index < -0.39 is 17.9 Å². The summed E-state index contributed by atoms with van der Waals surface area (Å²) in [4.78, 5) is 33.5. The van der Waals surface area contributed by atoms with Gasteiger partial charge in [-0.05, 0) is 31.5 Å². The third kappa shape index (κ3) is 3.96. The number of benzene rings is 2. The summed E-state index contributed by atoms with van der Waals surface area (Å²) in [6.45, 7) is 2.71. The number of hydrogen-bond donors (Lipinski definition) is 0. The van der Waals surface area contributed by atoms with E-state index in [1.165, 1.54) is 7.11 Å². The standard InChI is InChI=1S/C25H29N3O6/c1-5-34-24(30)20-21(16-10-8-13-19(32-3)22(16)33-4)28-18-12-7-6-11-17(18)26-25(28)27(23(20)29)14-9-15-31-2/h6-8,10-13,20-21H,5,9,14-15H2,1-4H3/t20-,21-/m1/s1. The summed E-state index contributed by atoms with van der Waals surface area (Å²) in [5.74, 6) is -0.668. The van der Waals surface area contributed by atoms with E-state index in [4.69, 9.17) is 23.9 Å². The van der Waals surface area contributed by atoms with E-state index >= 15 is 0 Å². The van der Waals surface area contributed by atoms with Gasteiger partial charge in [-0.15, -0.1) is 0 Å². The number of nitrogens with zero attached hydrogens (tertiary/aromatic N) is 3. The lowest BCUT2D eigenvalue weighted by atomic mass is 9.88. The molecule has 1 amide bonds. The fourth-order valence-corrected chi connectivity index (χ4v) is 4.55. The number of methoxy groups -OCH3 is 3. The van der Waals surface area contributed by atoms with Crippen LogP contribution in [0.15, 0.2) is 42.5 Å². The third-order valence-electron chi connectivity index (χ3n) is 5.97. The molecular weight excluding hydrogens is 438 g/mol. The Labute approximate surface area is 198 Å². The number of anilines is 1. The quantitative estimate of drug-likeness (QED) is 0.271. The van der Waals surface area contributed by atoms with Crippen LogP contribution in [0.2, 0.25) is 0 Å². The molecule has 180 valence electrons. The van der Waals surface area contributed by atoms with Gasteiger partial charge in [-0.2, -0.15) is 0 Å². The highest BCUT2D eigenvalue weighted by molar-refractivity contribution is 6.08. The number of imidazole rings is 1. The average molecular weight is 468 g/mol. The van der Waals surface area contributed by atoms with Crippen molar-refractivity contribution in [2.45, 2.75) is 19.4 Å². The molecule has 2 atom stereocenters. The first-order valence-corrected chi connectivity index (χ1v) is 11.2. The van der Waals surface area contributed by atoms with Gasteiger partial charge in [0.25, 0.3) is 0 Å². The van der Waals surface area contributed by atoms with Crippen LogP contribution in [0, 0.1) is 5.92 Å². The number of carbonyl (C=O) groups is 2. The molecule has 2 aromatic carbocycles. The minimum Gasteiger partial charge on any atom is -0.493 e. The molecule has 4 rings (SSSR count). The second-order valence-corrected chi connectivity index (χ2v) is 7.86. The maximum atomic E-state index is 13.9. The Morgan fingerprint density at radius 1 is 1.06 bits per heavy atom. The van der Waals surface area contributed by atoms with E-state index in [0.717, 1.165) is 11.0 Å². The number of rotatable bonds is 9. The summed E-state index contributed by atoms with van der Waals surface area (Å²) >= 11 is 0. The molecule has 9 nitrogen and oxygen atoms in total. The zero-order valence-electron chi connectivity index (χ0n) is 19.8. The van der Waals surface area contributed by atoms with Gasteiger partial charge in [0.1, 0.15) is 0 Å². The van der Waals surface area contributed by atoms with Crippen molar-refractivity contribution in [3.8, 4) is 11.5 Å². The summed E-state index contributed by atoms with van der Waals surface area (Å²) in [5.41, 5.74) is 2.15. The van der Waals surface area contributed by atoms with Crippen molar-refractivity contribution >= 4 is 28.9 Å². The second kappa shape index (κ2) is 10.1. The van der Waals surface area contributed by atoms with Gasteiger partial charge in [0.05, 0.1) is 37.9 Å². The molecule has 3 aromatic rings. The number of aromatic nitrogens is 2. The Balaban J connectivity index is 2.00. The predicted molar refractivity (Wildman–Crippen MR) is 126 cm³/mol. The number of amides is 1. The van der Waals surface area contributed by atoms with Crippen LogP contribution in [0.3, 0.4) is 0 Å². The summed E-state index contributed by atoms with van der Waals surface area (Å²) in [6.07, 6.45) is 0.591. The fourth-order valence-electron chi connectivity index (χ4n) is 4.55. The number of esters is 1. The van der Waals surface area contributed by atoms with Crippen LogP contribution in [0.25, 0.3) is 11.0 Å². The van der Waals surface area contributed by atoms with Gasteiger partial charge >= 0.3 is 5.97 Å². The van der Waals surface area contributed by atoms with Gasteiger partial charge in [-0.25, -0.2) is 4.98 Å². The van der Waals surface area contributed by atoms with Crippen LogP contribution in [-0.4, -0.2) is 62.5 Å². The van der Waals surface area contributed by atoms with Gasteiger partial charge in [0, 0.05) is 25.8 Å². The normalized spacial score (nSPS) is 17.5. The van der Waals surface area contributed by atoms with E-state index in [0.29, 0.717) is 42.6 Å². The monoisotopic (exact) mass is 467 g/mol. The Morgan fingerprint density at radius 2 is 1.85 bits per heavy atom. The van der Waals surface area contributed by atoms with Crippen molar-refractivity contribution in [3.63, 3.8) is 0 Å². The zero-order chi connectivity index (χ0) is 24.2. The molecule has 1 aromatic heterocycles. The van der Waals surface area contributed by atoms with Crippen molar-refractivity contribution < 1.29 is 28.5 Å². The first-order chi connectivity index (χ1) is 16.6. The topological polar surface area (TPSA) is 92.1 Å². The van der Waals surface area contributed by atoms with E-state index in [-0.39, 0.29) is 12.5 Å². The van der Waals surface area contributed by atoms with Crippen molar-refractivity contribution in [3.05, 3.63) is 48.0 Å². The molecule has 0 saturated carbocycles. The van der Waals surface area contributed by atoms with Crippen LogP contribution >= 0.6 is 0 Å². The lowest BCUT2D eigenvalue weighted by molar-refractivity contribution is -0.153. The maximum absolute atomic E-state index is 13.9. The van der Waals surface area contributed by atoms with E-state index in [1.54, 1.807) is 32.1 Å². The van der Waals surface area contributed by atoms with Crippen molar-refractivity contribution in [1.29, 1.82) is 0 Å². The SMILES string of the molecule is CCOC(=O)[C@H]1C(=O)N(CCCOC)c2nc3ccccc3n2[C@@H]1c1cccc(OC)c1OC. The minimum absolute atomic E-state index is 0.159. The Bertz CT molecular complexity index is 1190. The van der Waals surface area contributed by atoms with E-state index in [1.807, 2.05) is 41.0 Å². The highest BCUT2D eigenvalue weighted by atomic mass is 16.5. The molecule has 1 aliphatic rings. The van der Waals surface area contributed by atoms with Gasteiger partial charge < -0.3 is 23.5 Å². The molecule has 2 heterocycles. The molecule has 0 radical (unpaired) electrons. The smallest absolute Gasteiger partial charge is 0.321 e. The van der Waals surface area contributed by atoms with Gasteiger partial charge in [-0.3, -0.25) is 14.5 Å². The second-order valence-electron chi connectivity index (χ2n) is 7.86. The number of carbonyl (C=O) groups excluding carboxylic acids is 2. The number of fused-ring (bicyclic) bond motifs is 3. The molecule has 0 unspecified atom stereocenters. The molecular formula is C25H29N3O6. The Kier molecular flexibility index (Phi) is 7.02. The van der Waals surface area contributed by atoms with Crippen LogP contribution in [0.5, 0.6) is 11.5 Å². The highest BCUT2D eigenvalue weighted by Gasteiger charge is 2.48. The van der Waals surface area contributed by atoms with Gasteiger partial charge in [0.15, 0.2) is 17.4 Å².